The molecular weight excluding hydrogens is 472 g/mol. The van der Waals surface area contributed by atoms with Crippen LogP contribution in [0.1, 0.15) is 50.7 Å². The maximum atomic E-state index is 4.60. The number of aromatic nitrogens is 2. The molecule has 0 spiro atoms. The molecule has 2 nitrogen and oxygen atoms in total. The molecule has 0 bridgehead atoms. The van der Waals surface area contributed by atoms with Crippen LogP contribution in [-0.4, -0.2) is 9.55 Å². The molecule has 0 aliphatic rings. The molecule has 1 heterocycles. The quantitative estimate of drug-likeness (QED) is 0.432. The number of hydrogen-bond donors (Lipinski definition) is 0. The van der Waals surface area contributed by atoms with E-state index in [4.69, 9.17) is 0 Å². The van der Waals surface area contributed by atoms with E-state index in [1.54, 1.807) is 0 Å². The topological polar surface area (TPSA) is 17.8 Å². The van der Waals surface area contributed by atoms with Gasteiger partial charge in [-0.05, 0) is 23.0 Å². The number of nitrogens with zero attached hydrogens (tertiary/aromatic N) is 2. The van der Waals surface area contributed by atoms with Gasteiger partial charge in [-0.25, -0.2) is 0 Å². The van der Waals surface area contributed by atoms with Gasteiger partial charge in [0.25, 0.3) is 0 Å². The number of hydrogen-bond acceptors (Lipinski definition) is 1. The number of benzene rings is 2. The van der Waals surface area contributed by atoms with E-state index in [0.717, 1.165) is 11.4 Å². The Morgan fingerprint density at radius 3 is 2.12 bits per heavy atom. The average Bonchev–Trinajstić information content (AvgIpc) is 3.04. The summed E-state index contributed by atoms with van der Waals surface area (Å²) in [5.41, 5.74) is 4.99. The van der Waals surface area contributed by atoms with Gasteiger partial charge in [-0.2, -0.15) is 0 Å². The predicted octanol–water partition coefficient (Wildman–Crippen LogP) is 5.58. The second-order valence-electron chi connectivity index (χ2n) is 6.49. The average molecular weight is 496 g/mol. The summed E-state index contributed by atoms with van der Waals surface area (Å²) in [6, 6.07) is 17.9. The van der Waals surface area contributed by atoms with Crippen molar-refractivity contribution in [3.63, 3.8) is 0 Å². The molecule has 2 aromatic carbocycles. The molecule has 0 N–H and O–H groups in total. The zero-order valence-electron chi connectivity index (χ0n) is 14.6. The van der Waals surface area contributed by atoms with Crippen molar-refractivity contribution in [2.45, 2.75) is 39.5 Å². The van der Waals surface area contributed by atoms with Crippen LogP contribution in [0.3, 0.4) is 0 Å². The van der Waals surface area contributed by atoms with Crippen molar-refractivity contribution in [3.05, 3.63) is 72.1 Å². The zero-order valence-corrected chi connectivity index (χ0v) is 17.0. The van der Waals surface area contributed by atoms with Gasteiger partial charge in [-0.15, -0.1) is 35.9 Å². The second kappa shape index (κ2) is 7.92. The van der Waals surface area contributed by atoms with Gasteiger partial charge in [0.1, 0.15) is 0 Å². The van der Waals surface area contributed by atoms with E-state index in [0.29, 0.717) is 11.8 Å². The van der Waals surface area contributed by atoms with E-state index in [9.17, 15) is 0 Å². The third kappa shape index (κ3) is 3.53. The van der Waals surface area contributed by atoms with Crippen molar-refractivity contribution in [1.82, 2.24) is 9.55 Å². The van der Waals surface area contributed by atoms with Gasteiger partial charge in [0.15, 0.2) is 0 Å². The van der Waals surface area contributed by atoms with Crippen LogP contribution < -0.4 is 0 Å². The molecule has 3 rings (SSSR count). The summed E-state index contributed by atoms with van der Waals surface area (Å²) in [6.45, 7) is 8.98. The molecule has 0 aliphatic carbocycles. The summed E-state index contributed by atoms with van der Waals surface area (Å²) >= 11 is 0. The van der Waals surface area contributed by atoms with Gasteiger partial charge in [0, 0.05) is 38.2 Å². The summed E-state index contributed by atoms with van der Waals surface area (Å²) in [5, 5.41) is 0. The third-order valence-corrected chi connectivity index (χ3v) is 4.17. The first kappa shape index (κ1) is 18.6. The van der Waals surface area contributed by atoms with Crippen molar-refractivity contribution in [2.75, 3.05) is 0 Å². The first-order chi connectivity index (χ1) is 11.1. The van der Waals surface area contributed by atoms with Gasteiger partial charge >= 0.3 is 0 Å². The molecule has 1 aromatic heterocycles. The van der Waals surface area contributed by atoms with E-state index < -0.39 is 0 Å². The van der Waals surface area contributed by atoms with E-state index in [1.807, 2.05) is 24.4 Å². The Balaban J connectivity index is 0.00000208. The monoisotopic (exact) mass is 496 g/mol. The fourth-order valence-corrected chi connectivity index (χ4v) is 3.01. The van der Waals surface area contributed by atoms with E-state index >= 15 is 0 Å². The molecule has 0 saturated carbocycles. The largest absolute Gasteiger partial charge is 0.340 e. The van der Waals surface area contributed by atoms with Crippen molar-refractivity contribution in [3.8, 4) is 17.1 Å². The molecule has 0 amide bonds. The van der Waals surface area contributed by atoms with Gasteiger partial charge < -0.3 is 4.57 Å². The van der Waals surface area contributed by atoms with Crippen LogP contribution in [-0.2, 0) is 20.1 Å². The van der Waals surface area contributed by atoms with Crippen molar-refractivity contribution >= 4 is 0 Å². The Morgan fingerprint density at radius 2 is 1.58 bits per heavy atom. The molecular formula is C21H23IrN2-. The van der Waals surface area contributed by atoms with Gasteiger partial charge in [-0.3, -0.25) is 4.98 Å². The standard InChI is InChI=1S/C21H23N2.Ir/c1-15(2)18-11-8-12-19(16(3)4)20(18)23-14-13-22-21(23)17-9-6-5-7-10-17;/h5-9,11-16H,1-4H3;/q-1;. The Labute approximate surface area is 158 Å². The molecule has 0 atom stereocenters. The van der Waals surface area contributed by atoms with E-state index in [2.05, 4.69) is 73.8 Å². The fourth-order valence-electron chi connectivity index (χ4n) is 3.01. The molecule has 1 radical (unpaired) electrons. The first-order valence-electron chi connectivity index (χ1n) is 8.23. The third-order valence-electron chi connectivity index (χ3n) is 4.17. The van der Waals surface area contributed by atoms with Crippen LogP contribution in [0.4, 0.5) is 0 Å². The zero-order chi connectivity index (χ0) is 16.4. The molecule has 0 fully saturated rings. The summed E-state index contributed by atoms with van der Waals surface area (Å²) < 4.78 is 2.22. The number of imidazole rings is 1. The van der Waals surface area contributed by atoms with E-state index in [1.165, 1.54) is 16.8 Å². The maximum absolute atomic E-state index is 4.60. The molecule has 0 aliphatic heterocycles. The summed E-state index contributed by atoms with van der Waals surface area (Å²) in [7, 11) is 0. The van der Waals surface area contributed by atoms with Gasteiger partial charge in [-0.1, -0.05) is 45.9 Å². The van der Waals surface area contributed by atoms with Crippen LogP contribution in [0.25, 0.3) is 17.1 Å². The summed E-state index contributed by atoms with van der Waals surface area (Å²) in [6.07, 6.45) is 3.93. The number of rotatable bonds is 4. The Kier molecular flexibility index (Phi) is 6.15. The van der Waals surface area contributed by atoms with Crippen LogP contribution in [0.2, 0.25) is 0 Å². The Bertz CT molecular complexity index is 762. The first-order valence-corrected chi connectivity index (χ1v) is 8.23. The molecule has 0 unspecified atom stereocenters. The molecule has 3 aromatic rings. The normalized spacial score (nSPS) is 10.9. The minimum Gasteiger partial charge on any atom is -0.340 e. The van der Waals surface area contributed by atoms with E-state index in [-0.39, 0.29) is 20.1 Å². The minimum atomic E-state index is 0. The van der Waals surface area contributed by atoms with Crippen molar-refractivity contribution in [2.24, 2.45) is 0 Å². The molecule has 3 heteroatoms. The van der Waals surface area contributed by atoms with Crippen LogP contribution in [0.15, 0.2) is 54.9 Å². The predicted molar refractivity (Wildman–Crippen MR) is 96.0 cm³/mol. The minimum absolute atomic E-state index is 0. The summed E-state index contributed by atoms with van der Waals surface area (Å²) in [4.78, 5) is 4.60. The Hall–Kier alpha value is -1.70. The van der Waals surface area contributed by atoms with Crippen molar-refractivity contribution in [1.29, 1.82) is 0 Å². The number of para-hydroxylation sites is 1. The maximum Gasteiger partial charge on any atom is 0.0602 e. The van der Waals surface area contributed by atoms with Crippen LogP contribution >= 0.6 is 0 Å². The van der Waals surface area contributed by atoms with Crippen molar-refractivity contribution < 1.29 is 20.1 Å². The molecule has 0 saturated heterocycles. The second-order valence-corrected chi connectivity index (χ2v) is 6.49. The smallest absolute Gasteiger partial charge is 0.0602 e. The van der Waals surface area contributed by atoms with Gasteiger partial charge in [0.2, 0.25) is 0 Å². The van der Waals surface area contributed by atoms with Crippen LogP contribution in [0, 0.1) is 6.07 Å². The fraction of sp³-hybridized carbons (Fsp3) is 0.286. The molecule has 127 valence electrons. The van der Waals surface area contributed by atoms with Crippen LogP contribution in [0.5, 0.6) is 0 Å². The summed E-state index contributed by atoms with van der Waals surface area (Å²) in [5.74, 6) is 1.86. The Morgan fingerprint density at radius 1 is 0.917 bits per heavy atom. The van der Waals surface area contributed by atoms with Gasteiger partial charge in [0.05, 0.1) is 5.82 Å². The molecule has 24 heavy (non-hydrogen) atoms. The SMILES string of the molecule is CC(C)c1cccc(C(C)C)c1-n1ccnc1-c1[c-]cccc1.[Ir].